The van der Waals surface area contributed by atoms with E-state index in [9.17, 15) is 0 Å². The molecular weight excluding hydrogens is 314 g/mol. The van der Waals surface area contributed by atoms with Crippen LogP contribution < -0.4 is 40.1 Å². The largest absolute Gasteiger partial charge is 0.397 e. The van der Waals surface area contributed by atoms with Gasteiger partial charge in [-0.3, -0.25) is 0 Å². The second kappa shape index (κ2) is 5.16. The zero-order valence-corrected chi connectivity index (χ0v) is 14.8. The first-order valence-electron chi connectivity index (χ1n) is 9.21. The molecule has 1 aromatic carbocycles. The second-order valence-electron chi connectivity index (χ2n) is 8.61. The van der Waals surface area contributed by atoms with Gasteiger partial charge in [-0.25, -0.2) is 0 Å². The Balaban J connectivity index is 1.83. The Morgan fingerprint density at radius 1 is 0.840 bits per heavy atom. The lowest BCUT2D eigenvalue weighted by Crippen LogP contribution is -2.50. The normalized spacial score (nSPS) is 42.6. The van der Waals surface area contributed by atoms with Crippen molar-refractivity contribution in [2.24, 2.45) is 34.5 Å². The summed E-state index contributed by atoms with van der Waals surface area (Å²) >= 11 is 0. The molecule has 2 fully saturated rings. The Hall–Kier alpha value is -1.70. The predicted molar refractivity (Wildman–Crippen MR) is 103 cm³/mol. The molecule has 0 bridgehead atoms. The van der Waals surface area contributed by atoms with Crippen LogP contribution in [0.25, 0.3) is 0 Å². The number of nitrogens with two attached hydrogens (primary N) is 7. The molecule has 7 nitrogen and oxygen atoms in total. The summed E-state index contributed by atoms with van der Waals surface area (Å²) in [6, 6.07) is -0.304. The highest BCUT2D eigenvalue weighted by Crippen LogP contribution is 2.61. The molecule has 25 heavy (non-hydrogen) atoms. The topological polar surface area (TPSA) is 182 Å². The fourth-order valence-corrected chi connectivity index (χ4v) is 6.27. The van der Waals surface area contributed by atoms with E-state index >= 15 is 0 Å². The van der Waals surface area contributed by atoms with Crippen LogP contribution in [0.4, 0.5) is 22.7 Å². The fourth-order valence-electron chi connectivity index (χ4n) is 6.27. The Bertz CT molecular complexity index is 733. The minimum atomic E-state index is -0.158. The maximum Gasteiger partial charge on any atom is 0.0805 e. The molecule has 3 aliphatic carbocycles. The molecule has 0 aliphatic heterocycles. The van der Waals surface area contributed by atoms with E-state index < -0.39 is 0 Å². The molecule has 1 aromatic rings. The Kier molecular flexibility index (Phi) is 3.45. The van der Waals surface area contributed by atoms with E-state index in [1.54, 1.807) is 0 Å². The van der Waals surface area contributed by atoms with Gasteiger partial charge in [0.05, 0.1) is 22.7 Å². The lowest BCUT2D eigenvalue weighted by Gasteiger charge is -2.51. The molecule has 2 saturated carbocycles. The monoisotopic (exact) mass is 345 g/mol. The minimum Gasteiger partial charge on any atom is -0.397 e. The van der Waals surface area contributed by atoms with E-state index in [1.807, 2.05) is 0 Å². The van der Waals surface area contributed by atoms with Gasteiger partial charge in [0.2, 0.25) is 0 Å². The standard InChI is InChI=1S/C18H31N7/c1-18-5-4-6-7(10(18)13(21)16(24)17(18)25)2-3-8-9(6)12(20)15(23)14(22)11(8)19/h6-7,10,13,16-17H,2-5,19-25H2,1H3. The first-order valence-corrected chi connectivity index (χ1v) is 9.21. The maximum atomic E-state index is 6.55. The van der Waals surface area contributed by atoms with E-state index in [0.29, 0.717) is 40.5 Å². The van der Waals surface area contributed by atoms with E-state index in [-0.39, 0.29) is 23.5 Å². The van der Waals surface area contributed by atoms with Crippen LogP contribution in [0, 0.1) is 17.3 Å². The third-order valence-corrected chi connectivity index (χ3v) is 7.68. The molecule has 0 spiro atoms. The summed E-state index contributed by atoms with van der Waals surface area (Å²) in [5.74, 6) is 1.00. The summed E-state index contributed by atoms with van der Waals surface area (Å²) in [4.78, 5) is 0. The summed E-state index contributed by atoms with van der Waals surface area (Å²) in [7, 11) is 0. The predicted octanol–water partition coefficient (Wildman–Crippen LogP) is 0.0732. The average Bonchev–Trinajstić information content (AvgIpc) is 2.78. The molecule has 7 unspecified atom stereocenters. The van der Waals surface area contributed by atoms with Crippen LogP contribution in [0.5, 0.6) is 0 Å². The average molecular weight is 345 g/mol. The highest BCUT2D eigenvalue weighted by atomic mass is 15.0. The van der Waals surface area contributed by atoms with Crippen LogP contribution in [-0.4, -0.2) is 18.1 Å². The number of hydrogen-bond acceptors (Lipinski definition) is 7. The van der Waals surface area contributed by atoms with Gasteiger partial charge in [0.25, 0.3) is 0 Å². The van der Waals surface area contributed by atoms with Gasteiger partial charge in [0, 0.05) is 18.1 Å². The number of rotatable bonds is 0. The Morgan fingerprint density at radius 2 is 1.48 bits per heavy atom. The number of fused-ring (bicyclic) bond motifs is 5. The van der Waals surface area contributed by atoms with E-state index in [0.717, 1.165) is 36.8 Å². The van der Waals surface area contributed by atoms with Crippen LogP contribution in [0.3, 0.4) is 0 Å². The zero-order valence-electron chi connectivity index (χ0n) is 14.8. The summed E-state index contributed by atoms with van der Waals surface area (Å²) in [5, 5.41) is 0. The van der Waals surface area contributed by atoms with Crippen LogP contribution in [0.1, 0.15) is 43.2 Å². The summed E-state index contributed by atoms with van der Waals surface area (Å²) in [5.41, 5.74) is 48.4. The van der Waals surface area contributed by atoms with Crippen LogP contribution in [0.15, 0.2) is 0 Å². The smallest absolute Gasteiger partial charge is 0.0805 e. The number of benzene rings is 1. The van der Waals surface area contributed by atoms with E-state index in [4.69, 9.17) is 40.1 Å². The fraction of sp³-hybridized carbons (Fsp3) is 0.667. The molecular formula is C18H31N7. The molecule has 3 aliphatic rings. The molecule has 0 heterocycles. The Labute approximate surface area is 148 Å². The van der Waals surface area contributed by atoms with Crippen LogP contribution in [0.2, 0.25) is 0 Å². The van der Waals surface area contributed by atoms with Crippen LogP contribution >= 0.6 is 0 Å². The number of nitrogen functional groups attached to an aromatic ring is 4. The third-order valence-electron chi connectivity index (χ3n) is 7.68. The molecule has 138 valence electrons. The third kappa shape index (κ3) is 1.91. The highest BCUT2D eigenvalue weighted by molar-refractivity contribution is 5.91. The van der Waals surface area contributed by atoms with Crippen molar-refractivity contribution in [3.8, 4) is 0 Å². The van der Waals surface area contributed by atoms with Gasteiger partial charge in [0.1, 0.15) is 0 Å². The van der Waals surface area contributed by atoms with Crippen molar-refractivity contribution in [1.82, 2.24) is 0 Å². The number of anilines is 4. The highest BCUT2D eigenvalue weighted by Gasteiger charge is 2.60. The molecule has 4 rings (SSSR count). The molecule has 0 amide bonds. The van der Waals surface area contributed by atoms with E-state index in [1.165, 1.54) is 0 Å². The maximum absolute atomic E-state index is 6.55. The van der Waals surface area contributed by atoms with Gasteiger partial charge < -0.3 is 40.1 Å². The van der Waals surface area contributed by atoms with Crippen molar-refractivity contribution in [3.63, 3.8) is 0 Å². The molecule has 7 heteroatoms. The van der Waals surface area contributed by atoms with Gasteiger partial charge in [-0.15, -0.1) is 0 Å². The molecule has 0 saturated heterocycles. The van der Waals surface area contributed by atoms with Gasteiger partial charge in [-0.05, 0) is 60.0 Å². The van der Waals surface area contributed by atoms with Crippen molar-refractivity contribution in [2.75, 3.05) is 22.9 Å². The lowest BCUT2D eigenvalue weighted by atomic mass is 9.54. The summed E-state index contributed by atoms with van der Waals surface area (Å²) < 4.78 is 0. The molecule has 0 radical (unpaired) electrons. The van der Waals surface area contributed by atoms with Gasteiger partial charge in [-0.2, -0.15) is 0 Å². The summed E-state index contributed by atoms with van der Waals surface area (Å²) in [6.45, 7) is 2.26. The van der Waals surface area contributed by atoms with Crippen molar-refractivity contribution in [2.45, 2.75) is 56.7 Å². The van der Waals surface area contributed by atoms with Crippen LogP contribution in [-0.2, 0) is 6.42 Å². The van der Waals surface area contributed by atoms with Gasteiger partial charge >= 0.3 is 0 Å². The second-order valence-corrected chi connectivity index (χ2v) is 8.61. The number of hydrogen-bond donors (Lipinski definition) is 7. The molecule has 7 atom stereocenters. The first kappa shape index (κ1) is 16.8. The zero-order chi connectivity index (χ0) is 18.3. The SMILES string of the molecule is CC12CCC3c4c(N)c(N)c(N)c(N)c4CCC3C1C(N)C(N)C2N. The lowest BCUT2D eigenvalue weighted by molar-refractivity contribution is 0.0428. The molecule has 0 aromatic heterocycles. The van der Waals surface area contributed by atoms with Gasteiger partial charge in [0.15, 0.2) is 0 Å². The van der Waals surface area contributed by atoms with E-state index in [2.05, 4.69) is 6.92 Å². The van der Waals surface area contributed by atoms with Crippen molar-refractivity contribution in [3.05, 3.63) is 11.1 Å². The van der Waals surface area contributed by atoms with Crippen molar-refractivity contribution >= 4 is 22.7 Å². The molecule has 14 N–H and O–H groups in total. The first-order chi connectivity index (χ1) is 11.7. The summed E-state index contributed by atoms with van der Waals surface area (Å²) in [6.07, 6.45) is 3.86. The minimum absolute atomic E-state index is 0.0167. The quantitative estimate of drug-likeness (QED) is 0.324. The van der Waals surface area contributed by atoms with Crippen molar-refractivity contribution in [1.29, 1.82) is 0 Å². The van der Waals surface area contributed by atoms with Crippen molar-refractivity contribution < 1.29 is 0 Å². The Morgan fingerprint density at radius 3 is 2.16 bits per heavy atom. The van der Waals surface area contributed by atoms with Gasteiger partial charge in [-0.1, -0.05) is 6.92 Å².